The van der Waals surface area contributed by atoms with Gasteiger partial charge >= 0.3 is 0 Å². The van der Waals surface area contributed by atoms with Crippen LogP contribution in [0.2, 0.25) is 5.02 Å². The molecular formula is C22H25ClN4O. The number of halogens is 1. The second-order valence-corrected chi connectivity index (χ2v) is 7.83. The van der Waals surface area contributed by atoms with Gasteiger partial charge in [0.2, 0.25) is 0 Å². The summed E-state index contributed by atoms with van der Waals surface area (Å²) in [7, 11) is 4.07. The van der Waals surface area contributed by atoms with E-state index in [9.17, 15) is 4.79 Å². The highest BCUT2D eigenvalue weighted by Gasteiger charge is 2.27. The van der Waals surface area contributed by atoms with E-state index in [-0.39, 0.29) is 5.56 Å². The molecule has 0 radical (unpaired) electrons. The van der Waals surface area contributed by atoms with Crippen molar-refractivity contribution in [3.63, 3.8) is 0 Å². The summed E-state index contributed by atoms with van der Waals surface area (Å²) < 4.78 is 1.59. The van der Waals surface area contributed by atoms with E-state index in [0.717, 1.165) is 42.8 Å². The van der Waals surface area contributed by atoms with Crippen LogP contribution in [0, 0.1) is 0 Å². The predicted octanol–water partition coefficient (Wildman–Crippen LogP) is 3.85. The van der Waals surface area contributed by atoms with Crippen molar-refractivity contribution in [3.8, 4) is 5.69 Å². The van der Waals surface area contributed by atoms with E-state index in [1.54, 1.807) is 10.7 Å². The Morgan fingerprint density at radius 1 is 1.25 bits per heavy atom. The molecule has 5 nitrogen and oxygen atoms in total. The molecule has 1 atom stereocenters. The van der Waals surface area contributed by atoms with Crippen LogP contribution in [0.15, 0.2) is 53.3 Å². The number of fused-ring (bicyclic) bond motifs is 1. The van der Waals surface area contributed by atoms with E-state index in [2.05, 4.69) is 46.6 Å². The molecule has 3 aromatic rings. The standard InChI is InChI=1S/C22H25ClN4O/c1-24-16-7-5-6-15(12-16)14-26(2)17-10-11-20-18(13-17)22(28)27(25-20)21-9-4-3-8-19(21)23/h3-9,12,17,24-25H,10-11,13-14H2,1-2H3. The number of nitrogens with zero attached hydrogens (tertiary/aromatic N) is 2. The van der Waals surface area contributed by atoms with Crippen LogP contribution in [-0.2, 0) is 19.4 Å². The zero-order chi connectivity index (χ0) is 19.7. The number of hydrogen-bond acceptors (Lipinski definition) is 3. The van der Waals surface area contributed by atoms with Crippen molar-refractivity contribution in [2.45, 2.75) is 31.8 Å². The number of rotatable bonds is 5. The molecule has 0 saturated carbocycles. The summed E-state index contributed by atoms with van der Waals surface area (Å²) in [5.74, 6) is 0. The van der Waals surface area contributed by atoms with Crippen molar-refractivity contribution < 1.29 is 0 Å². The molecule has 1 aliphatic rings. The molecule has 1 aliphatic carbocycles. The van der Waals surface area contributed by atoms with Crippen LogP contribution in [0.5, 0.6) is 0 Å². The Kier molecular flexibility index (Phi) is 5.29. The van der Waals surface area contributed by atoms with Gasteiger partial charge in [-0.3, -0.25) is 14.8 Å². The van der Waals surface area contributed by atoms with Gasteiger partial charge in [-0.15, -0.1) is 0 Å². The van der Waals surface area contributed by atoms with Crippen molar-refractivity contribution in [1.29, 1.82) is 0 Å². The number of aromatic nitrogens is 2. The van der Waals surface area contributed by atoms with Crippen LogP contribution in [0.1, 0.15) is 23.2 Å². The molecule has 0 amide bonds. The Morgan fingerprint density at radius 2 is 2.07 bits per heavy atom. The van der Waals surface area contributed by atoms with E-state index in [1.807, 2.05) is 25.2 Å². The SMILES string of the molecule is CNc1cccc(CN(C)C2CCc3[nH]n(-c4ccccc4Cl)c(=O)c3C2)c1. The Balaban J connectivity index is 1.55. The highest BCUT2D eigenvalue weighted by Crippen LogP contribution is 2.25. The maximum Gasteiger partial charge on any atom is 0.274 e. The molecule has 0 fully saturated rings. The molecule has 28 heavy (non-hydrogen) atoms. The van der Waals surface area contributed by atoms with Gasteiger partial charge < -0.3 is 5.32 Å². The number of nitrogens with one attached hydrogen (secondary N) is 2. The van der Waals surface area contributed by atoms with Crippen LogP contribution in [0.3, 0.4) is 0 Å². The van der Waals surface area contributed by atoms with Crippen molar-refractivity contribution in [1.82, 2.24) is 14.7 Å². The molecule has 2 N–H and O–H groups in total. The molecule has 0 aliphatic heterocycles. The van der Waals surface area contributed by atoms with Gasteiger partial charge in [-0.05, 0) is 56.1 Å². The van der Waals surface area contributed by atoms with Crippen LogP contribution in [-0.4, -0.2) is 34.8 Å². The number of H-pyrrole nitrogens is 1. The fourth-order valence-electron chi connectivity index (χ4n) is 4.00. The number of para-hydroxylation sites is 1. The molecule has 6 heteroatoms. The maximum absolute atomic E-state index is 13.0. The highest BCUT2D eigenvalue weighted by molar-refractivity contribution is 6.32. The smallest absolute Gasteiger partial charge is 0.274 e. The van der Waals surface area contributed by atoms with Gasteiger partial charge in [-0.25, -0.2) is 4.68 Å². The summed E-state index contributed by atoms with van der Waals surface area (Å²) in [4.78, 5) is 15.4. The van der Waals surface area contributed by atoms with Crippen LogP contribution < -0.4 is 10.9 Å². The molecule has 0 saturated heterocycles. The van der Waals surface area contributed by atoms with Crippen LogP contribution >= 0.6 is 11.6 Å². The second-order valence-electron chi connectivity index (χ2n) is 7.42. The Labute approximate surface area is 169 Å². The Bertz CT molecular complexity index is 1040. The molecular weight excluding hydrogens is 372 g/mol. The monoisotopic (exact) mass is 396 g/mol. The average molecular weight is 397 g/mol. The summed E-state index contributed by atoms with van der Waals surface area (Å²) in [6.07, 6.45) is 2.65. The van der Waals surface area contributed by atoms with Crippen molar-refractivity contribution in [2.75, 3.05) is 19.4 Å². The van der Waals surface area contributed by atoms with Gasteiger partial charge in [0.1, 0.15) is 0 Å². The molecule has 1 unspecified atom stereocenters. The third-order valence-electron chi connectivity index (χ3n) is 5.60. The molecule has 146 valence electrons. The summed E-state index contributed by atoms with van der Waals surface area (Å²) in [5.41, 5.74) is 5.02. The first-order valence-electron chi connectivity index (χ1n) is 9.61. The van der Waals surface area contributed by atoms with Gasteiger partial charge in [0.15, 0.2) is 0 Å². The zero-order valence-corrected chi connectivity index (χ0v) is 17.0. The van der Waals surface area contributed by atoms with Crippen molar-refractivity contribution >= 4 is 17.3 Å². The molecule has 0 spiro atoms. The lowest BCUT2D eigenvalue weighted by atomic mass is 9.92. The largest absolute Gasteiger partial charge is 0.388 e. The minimum Gasteiger partial charge on any atom is -0.388 e. The van der Waals surface area contributed by atoms with E-state index < -0.39 is 0 Å². The highest BCUT2D eigenvalue weighted by atomic mass is 35.5. The van der Waals surface area contributed by atoms with E-state index in [4.69, 9.17) is 11.6 Å². The summed E-state index contributed by atoms with van der Waals surface area (Å²) >= 11 is 6.30. The molecule has 0 bridgehead atoms. The average Bonchev–Trinajstić information content (AvgIpc) is 3.04. The summed E-state index contributed by atoms with van der Waals surface area (Å²) in [6.45, 7) is 0.860. The van der Waals surface area contributed by atoms with Gasteiger partial charge in [0.05, 0.1) is 10.7 Å². The van der Waals surface area contributed by atoms with Gasteiger partial charge in [0.25, 0.3) is 5.56 Å². The molecule has 2 aromatic carbocycles. The van der Waals surface area contributed by atoms with E-state index in [0.29, 0.717) is 16.8 Å². The summed E-state index contributed by atoms with van der Waals surface area (Å²) in [5, 5.41) is 7.03. The first kappa shape index (κ1) is 18.8. The number of likely N-dealkylation sites (N-methyl/N-ethyl adjacent to an activating group) is 1. The normalized spacial score (nSPS) is 16.2. The minimum atomic E-state index is 0.0124. The quantitative estimate of drug-likeness (QED) is 0.688. The summed E-state index contributed by atoms with van der Waals surface area (Å²) in [6, 6.07) is 16.2. The fraction of sp³-hybridized carbons (Fsp3) is 0.318. The lowest BCUT2D eigenvalue weighted by Crippen LogP contribution is -2.37. The first-order chi connectivity index (χ1) is 13.6. The minimum absolute atomic E-state index is 0.0124. The molecule has 1 aromatic heterocycles. The number of hydrogen-bond donors (Lipinski definition) is 2. The van der Waals surface area contributed by atoms with Crippen LogP contribution in [0.4, 0.5) is 5.69 Å². The van der Waals surface area contributed by atoms with Crippen LogP contribution in [0.25, 0.3) is 5.69 Å². The lowest BCUT2D eigenvalue weighted by molar-refractivity contribution is 0.213. The third kappa shape index (κ3) is 3.60. The fourth-order valence-corrected chi connectivity index (χ4v) is 4.22. The first-order valence-corrected chi connectivity index (χ1v) is 9.99. The number of aromatic amines is 1. The molecule has 4 rings (SSSR count). The topological polar surface area (TPSA) is 53.1 Å². The van der Waals surface area contributed by atoms with Gasteiger partial charge in [0, 0.05) is 36.6 Å². The number of benzene rings is 2. The maximum atomic E-state index is 13.0. The second kappa shape index (κ2) is 7.86. The van der Waals surface area contributed by atoms with E-state index >= 15 is 0 Å². The number of anilines is 1. The molecule has 1 heterocycles. The Morgan fingerprint density at radius 3 is 2.86 bits per heavy atom. The lowest BCUT2D eigenvalue weighted by Gasteiger charge is -2.30. The zero-order valence-electron chi connectivity index (χ0n) is 16.2. The number of aryl methyl sites for hydroxylation is 1. The van der Waals surface area contributed by atoms with Gasteiger partial charge in [-0.1, -0.05) is 35.9 Å². The van der Waals surface area contributed by atoms with Crippen molar-refractivity contribution in [3.05, 3.63) is 80.7 Å². The third-order valence-corrected chi connectivity index (χ3v) is 5.92. The van der Waals surface area contributed by atoms with E-state index in [1.165, 1.54) is 5.56 Å². The Hall–Kier alpha value is -2.50. The predicted molar refractivity (Wildman–Crippen MR) is 115 cm³/mol. The van der Waals surface area contributed by atoms with Crippen molar-refractivity contribution in [2.24, 2.45) is 0 Å². The van der Waals surface area contributed by atoms with Gasteiger partial charge in [-0.2, -0.15) is 0 Å².